The zero-order valence-electron chi connectivity index (χ0n) is 13.0. The van der Waals surface area contributed by atoms with E-state index >= 15 is 0 Å². The minimum absolute atomic E-state index is 0.849. The maximum Gasteiger partial charge on any atom is 0.119 e. The highest BCUT2D eigenvalue weighted by molar-refractivity contribution is 9.10. The van der Waals surface area contributed by atoms with Crippen LogP contribution in [0.15, 0.2) is 70.3 Å². The molecule has 116 valence electrons. The molecule has 3 nitrogen and oxygen atoms in total. The van der Waals surface area contributed by atoms with Crippen molar-refractivity contribution >= 4 is 27.8 Å². The largest absolute Gasteiger partial charge is 0.497 e. The average Bonchev–Trinajstić information content (AvgIpc) is 3.02. The minimum Gasteiger partial charge on any atom is -0.497 e. The Balaban J connectivity index is 1.89. The Bertz CT molecular complexity index is 835. The summed E-state index contributed by atoms with van der Waals surface area (Å²) in [7, 11) is 1.67. The monoisotopic (exact) mass is 368 g/mol. The molecule has 0 amide bonds. The molecule has 0 radical (unpaired) electrons. The molecule has 0 N–H and O–H groups in total. The molecule has 0 aliphatic heterocycles. The molecule has 0 unspecified atom stereocenters. The maximum absolute atomic E-state index is 5.21. The molecule has 1 aromatic heterocycles. The number of hydrogen-bond donors (Lipinski definition) is 0. The number of aryl methyl sites for hydroxylation is 1. The van der Waals surface area contributed by atoms with Crippen LogP contribution >= 0.6 is 15.9 Å². The first-order valence-corrected chi connectivity index (χ1v) is 8.08. The fraction of sp³-hybridized carbons (Fsp3) is 0.105. The van der Waals surface area contributed by atoms with E-state index in [4.69, 9.17) is 4.74 Å². The second kappa shape index (κ2) is 6.84. The van der Waals surface area contributed by atoms with Crippen molar-refractivity contribution in [1.29, 1.82) is 0 Å². The van der Waals surface area contributed by atoms with Gasteiger partial charge in [-0.1, -0.05) is 15.9 Å². The van der Waals surface area contributed by atoms with Crippen LogP contribution in [0.5, 0.6) is 5.75 Å². The number of nitrogens with zero attached hydrogens (tertiary/aromatic N) is 2. The first-order chi connectivity index (χ1) is 11.2. The van der Waals surface area contributed by atoms with Crippen molar-refractivity contribution in [2.75, 3.05) is 7.11 Å². The van der Waals surface area contributed by atoms with Crippen LogP contribution in [0.2, 0.25) is 0 Å². The van der Waals surface area contributed by atoms with Crippen LogP contribution in [0.1, 0.15) is 11.3 Å². The zero-order chi connectivity index (χ0) is 16.2. The highest BCUT2D eigenvalue weighted by atomic mass is 79.9. The van der Waals surface area contributed by atoms with Gasteiger partial charge in [0.2, 0.25) is 0 Å². The van der Waals surface area contributed by atoms with Gasteiger partial charge in [0.1, 0.15) is 5.75 Å². The zero-order valence-corrected chi connectivity index (χ0v) is 14.6. The minimum atomic E-state index is 0.849. The summed E-state index contributed by atoms with van der Waals surface area (Å²) in [5.41, 5.74) is 4.20. The lowest BCUT2D eigenvalue weighted by atomic mass is 10.2. The fourth-order valence-electron chi connectivity index (χ4n) is 2.38. The summed E-state index contributed by atoms with van der Waals surface area (Å²) in [6.07, 6.45) is 3.91. The van der Waals surface area contributed by atoms with Crippen molar-refractivity contribution in [3.63, 3.8) is 0 Å². The number of aromatic nitrogens is 1. The summed E-state index contributed by atoms with van der Waals surface area (Å²) in [6, 6.07) is 18.1. The molecular formula is C19H17BrN2O. The summed E-state index contributed by atoms with van der Waals surface area (Å²) in [5, 5.41) is 0. The smallest absolute Gasteiger partial charge is 0.119 e. The maximum atomic E-state index is 5.21. The summed E-state index contributed by atoms with van der Waals surface area (Å²) >= 11 is 3.47. The quantitative estimate of drug-likeness (QED) is 0.573. The molecule has 0 saturated heterocycles. The van der Waals surface area contributed by atoms with E-state index in [0.717, 1.165) is 32.9 Å². The van der Waals surface area contributed by atoms with Crippen LogP contribution in [0, 0.1) is 6.92 Å². The third kappa shape index (κ3) is 3.54. The highest BCUT2D eigenvalue weighted by Crippen LogP contribution is 2.23. The fourth-order valence-corrected chi connectivity index (χ4v) is 2.85. The van der Waals surface area contributed by atoms with Gasteiger partial charge in [0.25, 0.3) is 0 Å². The van der Waals surface area contributed by atoms with Gasteiger partial charge in [-0.2, -0.15) is 0 Å². The number of benzene rings is 2. The second-order valence-electron chi connectivity index (χ2n) is 5.19. The lowest BCUT2D eigenvalue weighted by molar-refractivity contribution is 0.415. The highest BCUT2D eigenvalue weighted by Gasteiger charge is 2.02. The van der Waals surface area contributed by atoms with Gasteiger partial charge in [-0.05, 0) is 67.1 Å². The Kier molecular flexibility index (Phi) is 4.63. The Morgan fingerprint density at radius 2 is 1.87 bits per heavy atom. The molecule has 0 aliphatic rings. The normalized spacial score (nSPS) is 11.1. The van der Waals surface area contributed by atoms with Crippen molar-refractivity contribution in [2.24, 2.45) is 4.99 Å². The van der Waals surface area contributed by atoms with Crippen LogP contribution in [0.4, 0.5) is 5.69 Å². The standard InChI is InChI=1S/C19H17BrN2O/c1-14-12-15(20)5-10-19(14)21-13-17-4-3-11-22(17)16-6-8-18(23-2)9-7-16/h3-13H,1-2H3. The lowest BCUT2D eigenvalue weighted by Gasteiger charge is -2.07. The van der Waals surface area contributed by atoms with Gasteiger partial charge >= 0.3 is 0 Å². The Hall–Kier alpha value is -2.33. The van der Waals surface area contributed by atoms with Gasteiger partial charge in [0, 0.05) is 16.4 Å². The Morgan fingerprint density at radius 1 is 1.09 bits per heavy atom. The Labute approximate surface area is 144 Å². The van der Waals surface area contributed by atoms with E-state index in [9.17, 15) is 0 Å². The van der Waals surface area contributed by atoms with Crippen molar-refractivity contribution in [3.8, 4) is 11.4 Å². The van der Waals surface area contributed by atoms with Gasteiger partial charge in [-0.3, -0.25) is 4.99 Å². The molecule has 0 aliphatic carbocycles. The van der Waals surface area contributed by atoms with Crippen molar-refractivity contribution in [1.82, 2.24) is 4.57 Å². The van der Waals surface area contributed by atoms with Crippen molar-refractivity contribution in [2.45, 2.75) is 6.92 Å². The van der Waals surface area contributed by atoms with Crippen molar-refractivity contribution in [3.05, 3.63) is 76.5 Å². The first-order valence-electron chi connectivity index (χ1n) is 7.29. The topological polar surface area (TPSA) is 26.5 Å². The lowest BCUT2D eigenvalue weighted by Crippen LogP contribution is -1.97. The van der Waals surface area contributed by atoms with Crippen LogP contribution in [0.25, 0.3) is 5.69 Å². The number of ether oxygens (including phenoxy) is 1. The molecular weight excluding hydrogens is 352 g/mol. The van der Waals surface area contributed by atoms with E-state index in [1.54, 1.807) is 7.11 Å². The number of halogens is 1. The summed E-state index contributed by atoms with van der Waals surface area (Å²) < 4.78 is 8.37. The SMILES string of the molecule is COc1ccc(-n2cccc2C=Nc2ccc(Br)cc2C)cc1. The molecule has 4 heteroatoms. The van der Waals surface area contributed by atoms with Crippen molar-refractivity contribution < 1.29 is 4.74 Å². The van der Waals surface area contributed by atoms with Crippen LogP contribution in [-0.2, 0) is 0 Å². The molecule has 3 rings (SSSR count). The molecule has 2 aromatic carbocycles. The van der Waals surface area contributed by atoms with Crippen LogP contribution in [-0.4, -0.2) is 17.9 Å². The van der Waals surface area contributed by atoms with E-state index in [1.165, 1.54) is 0 Å². The summed E-state index contributed by atoms with van der Waals surface area (Å²) in [4.78, 5) is 4.62. The van der Waals surface area contributed by atoms with E-state index in [-0.39, 0.29) is 0 Å². The van der Waals surface area contributed by atoms with Gasteiger partial charge in [-0.25, -0.2) is 0 Å². The van der Waals surface area contributed by atoms with Gasteiger partial charge in [0.05, 0.1) is 24.7 Å². The third-order valence-electron chi connectivity index (χ3n) is 3.63. The average molecular weight is 369 g/mol. The molecule has 3 aromatic rings. The van der Waals surface area contributed by atoms with Gasteiger partial charge in [-0.15, -0.1) is 0 Å². The van der Waals surface area contributed by atoms with Gasteiger partial charge < -0.3 is 9.30 Å². The number of methoxy groups -OCH3 is 1. The van der Waals surface area contributed by atoms with Crippen LogP contribution < -0.4 is 4.74 Å². The molecule has 0 fully saturated rings. The molecule has 0 saturated carbocycles. The first kappa shape index (κ1) is 15.6. The van der Waals surface area contributed by atoms with Gasteiger partial charge in [0.15, 0.2) is 0 Å². The molecule has 0 atom stereocenters. The predicted octanol–water partition coefficient (Wildman–Crippen LogP) is 5.31. The number of aliphatic imine (C=N–C) groups is 1. The second-order valence-corrected chi connectivity index (χ2v) is 6.11. The summed E-state index contributed by atoms with van der Waals surface area (Å²) in [5.74, 6) is 0.849. The molecule has 23 heavy (non-hydrogen) atoms. The van der Waals surface area contributed by atoms with E-state index in [2.05, 4.69) is 38.5 Å². The number of rotatable bonds is 4. The van der Waals surface area contributed by atoms with E-state index in [1.807, 2.05) is 60.9 Å². The summed E-state index contributed by atoms with van der Waals surface area (Å²) in [6.45, 7) is 2.06. The predicted molar refractivity (Wildman–Crippen MR) is 98.5 cm³/mol. The van der Waals surface area contributed by atoms with Crippen LogP contribution in [0.3, 0.4) is 0 Å². The molecule has 0 spiro atoms. The van der Waals surface area contributed by atoms with E-state index < -0.39 is 0 Å². The molecule has 1 heterocycles. The molecule has 0 bridgehead atoms. The van der Waals surface area contributed by atoms with E-state index in [0.29, 0.717) is 0 Å². The third-order valence-corrected chi connectivity index (χ3v) is 4.12. The Morgan fingerprint density at radius 3 is 2.57 bits per heavy atom. The number of hydrogen-bond acceptors (Lipinski definition) is 2.